The molecule has 1 atom stereocenters. The lowest BCUT2D eigenvalue weighted by molar-refractivity contribution is 0.114. The van der Waals surface area contributed by atoms with Crippen LogP contribution in [0.5, 0.6) is 0 Å². The van der Waals surface area contributed by atoms with Gasteiger partial charge in [-0.3, -0.25) is 9.88 Å². The second kappa shape index (κ2) is 7.56. The van der Waals surface area contributed by atoms with Crippen LogP contribution >= 0.6 is 11.3 Å². The number of thiazole rings is 1. The molecule has 146 valence electrons. The predicted molar refractivity (Wildman–Crippen MR) is 113 cm³/mol. The molecule has 1 aliphatic rings. The van der Waals surface area contributed by atoms with Crippen LogP contribution in [0.2, 0.25) is 0 Å². The molecule has 7 heteroatoms. The number of aromatic nitrogens is 4. The van der Waals surface area contributed by atoms with Gasteiger partial charge in [0.25, 0.3) is 0 Å². The summed E-state index contributed by atoms with van der Waals surface area (Å²) in [5.74, 6) is 1.68. The number of likely N-dealkylation sites (tertiary alicyclic amines) is 1. The Kier molecular flexibility index (Phi) is 5.12. The van der Waals surface area contributed by atoms with Crippen molar-refractivity contribution in [3.05, 3.63) is 58.7 Å². The van der Waals surface area contributed by atoms with Crippen LogP contribution in [0, 0.1) is 13.8 Å². The molecule has 0 aliphatic carbocycles. The van der Waals surface area contributed by atoms with Gasteiger partial charge in [-0.25, -0.2) is 15.0 Å². The number of anilines is 2. The van der Waals surface area contributed by atoms with Crippen LogP contribution in [0.25, 0.3) is 0 Å². The molecule has 28 heavy (non-hydrogen) atoms. The van der Waals surface area contributed by atoms with Crippen LogP contribution in [-0.4, -0.2) is 30.4 Å². The highest BCUT2D eigenvalue weighted by molar-refractivity contribution is 7.15. The Balaban J connectivity index is 1.62. The van der Waals surface area contributed by atoms with Crippen LogP contribution in [0.1, 0.15) is 54.8 Å². The maximum Gasteiger partial charge on any atom is 0.188 e. The van der Waals surface area contributed by atoms with Gasteiger partial charge in [-0.15, -0.1) is 11.3 Å². The topological polar surface area (TPSA) is 66.8 Å². The summed E-state index contributed by atoms with van der Waals surface area (Å²) in [6, 6.07) is 8.24. The third kappa shape index (κ3) is 4.05. The standard InChI is InChI=1S/C21H26N6S/c1-14-11-18(26-20-23-12-15(2)28-20)25-19(24-14)17-8-9-21(3,4)27(17)13-16-7-5-6-10-22-16/h5-7,10-12,17H,8-9,13H2,1-4H3,(H,23,24,25,26). The number of hydrogen-bond acceptors (Lipinski definition) is 7. The van der Waals surface area contributed by atoms with Gasteiger partial charge in [-0.1, -0.05) is 6.07 Å². The summed E-state index contributed by atoms with van der Waals surface area (Å²) >= 11 is 1.63. The van der Waals surface area contributed by atoms with E-state index in [4.69, 9.17) is 9.97 Å². The van der Waals surface area contributed by atoms with Gasteiger partial charge >= 0.3 is 0 Å². The average molecular weight is 395 g/mol. The summed E-state index contributed by atoms with van der Waals surface area (Å²) in [6.45, 7) is 9.46. The SMILES string of the molecule is Cc1cc(Nc2ncc(C)s2)nc(C2CCC(C)(C)N2Cc2ccccn2)n1. The second-order valence-corrected chi connectivity index (χ2v) is 9.20. The van der Waals surface area contributed by atoms with Crippen LogP contribution in [-0.2, 0) is 6.54 Å². The molecule has 1 saturated heterocycles. The molecule has 0 bridgehead atoms. The third-order valence-electron chi connectivity index (χ3n) is 5.27. The fourth-order valence-corrected chi connectivity index (χ4v) is 4.47. The van der Waals surface area contributed by atoms with Crippen molar-refractivity contribution in [1.82, 2.24) is 24.8 Å². The fraction of sp³-hybridized carbons (Fsp3) is 0.429. The van der Waals surface area contributed by atoms with E-state index in [1.54, 1.807) is 11.3 Å². The van der Waals surface area contributed by atoms with E-state index in [9.17, 15) is 0 Å². The highest BCUT2D eigenvalue weighted by atomic mass is 32.1. The zero-order valence-electron chi connectivity index (χ0n) is 16.8. The minimum absolute atomic E-state index is 0.0787. The largest absolute Gasteiger partial charge is 0.316 e. The van der Waals surface area contributed by atoms with Crippen molar-refractivity contribution >= 4 is 22.3 Å². The second-order valence-electron chi connectivity index (χ2n) is 7.97. The normalized spacial score (nSPS) is 19.1. The van der Waals surface area contributed by atoms with Crippen molar-refractivity contribution in [2.45, 2.75) is 58.7 Å². The molecule has 1 fully saturated rings. The van der Waals surface area contributed by atoms with Crippen molar-refractivity contribution < 1.29 is 0 Å². The molecule has 6 nitrogen and oxygen atoms in total. The first-order valence-electron chi connectivity index (χ1n) is 9.62. The van der Waals surface area contributed by atoms with Crippen LogP contribution in [0.4, 0.5) is 10.9 Å². The molecule has 3 aromatic heterocycles. The van der Waals surface area contributed by atoms with Crippen LogP contribution in [0.3, 0.4) is 0 Å². The molecule has 4 rings (SSSR count). The van der Waals surface area contributed by atoms with E-state index >= 15 is 0 Å². The number of rotatable bonds is 5. The van der Waals surface area contributed by atoms with Crippen LogP contribution in [0.15, 0.2) is 36.7 Å². The first-order valence-corrected chi connectivity index (χ1v) is 10.4. The molecular formula is C21H26N6S. The smallest absolute Gasteiger partial charge is 0.188 e. The molecule has 0 amide bonds. The number of aryl methyl sites for hydroxylation is 2. The summed E-state index contributed by atoms with van der Waals surface area (Å²) in [5, 5.41) is 4.20. The first kappa shape index (κ1) is 19.0. The highest BCUT2D eigenvalue weighted by Crippen LogP contribution is 2.42. The van der Waals surface area contributed by atoms with E-state index < -0.39 is 0 Å². The van der Waals surface area contributed by atoms with Gasteiger partial charge in [0.05, 0.1) is 11.7 Å². The summed E-state index contributed by atoms with van der Waals surface area (Å²) < 4.78 is 0. The highest BCUT2D eigenvalue weighted by Gasteiger charge is 2.41. The molecule has 0 aromatic carbocycles. The van der Waals surface area contributed by atoms with Gasteiger partial charge in [-0.2, -0.15) is 0 Å². The van der Waals surface area contributed by atoms with Crippen molar-refractivity contribution in [2.75, 3.05) is 5.32 Å². The van der Waals surface area contributed by atoms with Gasteiger partial charge in [0.1, 0.15) is 11.6 Å². The lowest BCUT2D eigenvalue weighted by Gasteiger charge is -2.35. The minimum atomic E-state index is 0.0787. The monoisotopic (exact) mass is 394 g/mol. The van der Waals surface area contributed by atoms with E-state index in [0.717, 1.165) is 47.5 Å². The Morgan fingerprint density at radius 1 is 1.21 bits per heavy atom. The maximum atomic E-state index is 4.86. The zero-order valence-corrected chi connectivity index (χ0v) is 17.6. The molecule has 1 aliphatic heterocycles. The average Bonchev–Trinajstić information content (AvgIpc) is 3.18. The fourth-order valence-electron chi connectivity index (χ4n) is 3.80. The molecule has 0 saturated carbocycles. The van der Waals surface area contributed by atoms with Crippen molar-refractivity contribution in [1.29, 1.82) is 0 Å². The third-order valence-corrected chi connectivity index (χ3v) is 6.10. The first-order chi connectivity index (χ1) is 13.4. The molecule has 0 spiro atoms. The quantitative estimate of drug-likeness (QED) is 0.670. The Bertz CT molecular complexity index is 953. The van der Waals surface area contributed by atoms with E-state index in [2.05, 4.69) is 47.0 Å². The van der Waals surface area contributed by atoms with Crippen molar-refractivity contribution in [3.8, 4) is 0 Å². The van der Waals surface area contributed by atoms with E-state index in [1.807, 2.05) is 37.5 Å². The Labute approximate surface area is 170 Å². The Hall–Kier alpha value is -2.38. The number of hydrogen-bond donors (Lipinski definition) is 1. The molecule has 1 unspecified atom stereocenters. The van der Waals surface area contributed by atoms with Crippen molar-refractivity contribution in [2.24, 2.45) is 0 Å². The lowest BCUT2D eigenvalue weighted by Crippen LogP contribution is -2.39. The van der Waals surface area contributed by atoms with E-state index in [-0.39, 0.29) is 11.6 Å². The number of nitrogens with zero attached hydrogens (tertiary/aromatic N) is 5. The molecular weight excluding hydrogens is 368 g/mol. The summed E-state index contributed by atoms with van der Waals surface area (Å²) in [7, 11) is 0. The van der Waals surface area contributed by atoms with Gasteiger partial charge in [0.2, 0.25) is 0 Å². The van der Waals surface area contributed by atoms with Crippen LogP contribution < -0.4 is 5.32 Å². The predicted octanol–water partition coefficient (Wildman–Crippen LogP) is 4.80. The molecule has 4 heterocycles. The summed E-state index contributed by atoms with van der Waals surface area (Å²) in [6.07, 6.45) is 5.87. The van der Waals surface area contributed by atoms with Gasteiger partial charge in [0.15, 0.2) is 5.13 Å². The van der Waals surface area contributed by atoms with E-state index in [0.29, 0.717) is 0 Å². The molecule has 0 radical (unpaired) electrons. The van der Waals surface area contributed by atoms with Gasteiger partial charge < -0.3 is 5.32 Å². The number of pyridine rings is 1. The van der Waals surface area contributed by atoms with Crippen molar-refractivity contribution in [3.63, 3.8) is 0 Å². The number of nitrogens with one attached hydrogen (secondary N) is 1. The van der Waals surface area contributed by atoms with Gasteiger partial charge in [0, 0.05) is 41.1 Å². The van der Waals surface area contributed by atoms with E-state index in [1.165, 1.54) is 4.88 Å². The summed E-state index contributed by atoms with van der Waals surface area (Å²) in [5.41, 5.74) is 2.12. The minimum Gasteiger partial charge on any atom is -0.316 e. The Morgan fingerprint density at radius 3 is 2.79 bits per heavy atom. The zero-order chi connectivity index (χ0) is 19.7. The lowest BCUT2D eigenvalue weighted by atomic mass is 10.0. The summed E-state index contributed by atoms with van der Waals surface area (Å²) in [4.78, 5) is 22.2. The van der Waals surface area contributed by atoms with Gasteiger partial charge in [-0.05, 0) is 52.7 Å². The maximum absolute atomic E-state index is 4.86. The molecule has 3 aromatic rings. The Morgan fingerprint density at radius 2 is 2.07 bits per heavy atom. The molecule has 1 N–H and O–H groups in total.